The van der Waals surface area contributed by atoms with Crippen LogP contribution < -0.4 is 14.4 Å². The van der Waals surface area contributed by atoms with Crippen LogP contribution in [0, 0.1) is 11.3 Å². The lowest BCUT2D eigenvalue weighted by molar-refractivity contribution is -0.118. The molecule has 0 radical (unpaired) electrons. The molecule has 0 fully saturated rings. The molecule has 0 saturated carbocycles. The fourth-order valence-corrected chi connectivity index (χ4v) is 4.62. The van der Waals surface area contributed by atoms with Gasteiger partial charge in [0.15, 0.2) is 23.2 Å². The van der Waals surface area contributed by atoms with Gasteiger partial charge in [-0.3, -0.25) is 9.59 Å². The minimum Gasteiger partial charge on any atom is -0.493 e. The minimum atomic E-state index is -1.00. The largest absolute Gasteiger partial charge is 0.493 e. The van der Waals surface area contributed by atoms with Crippen LogP contribution in [0.25, 0.3) is 11.3 Å². The predicted octanol–water partition coefficient (Wildman–Crippen LogP) is 4.23. The number of nitriles is 1. The second-order valence-electron chi connectivity index (χ2n) is 7.36. The number of nitrogens with zero attached hydrogens (tertiary/aromatic N) is 3. The number of fused-ring (bicyclic) bond motifs is 1. The van der Waals surface area contributed by atoms with Gasteiger partial charge in [0.05, 0.1) is 26.0 Å². The van der Waals surface area contributed by atoms with E-state index in [0.717, 1.165) is 16.8 Å². The zero-order valence-electron chi connectivity index (χ0n) is 17.9. The molecule has 4 rings (SSSR count). The number of carbonyl (C=O) groups is 2. The Kier molecular flexibility index (Phi) is 5.93. The molecular formula is C24H21N3O4S. The maximum atomic E-state index is 13.2. The van der Waals surface area contributed by atoms with Crippen LogP contribution in [0.1, 0.15) is 33.3 Å². The number of ketones is 1. The van der Waals surface area contributed by atoms with Gasteiger partial charge in [-0.05, 0) is 48.4 Å². The first-order valence-electron chi connectivity index (χ1n) is 9.98. The molecule has 2 heterocycles. The monoisotopic (exact) mass is 447 g/mol. The summed E-state index contributed by atoms with van der Waals surface area (Å²) in [5.74, 6) is -0.0728. The van der Waals surface area contributed by atoms with Crippen molar-refractivity contribution in [3.8, 4) is 28.8 Å². The van der Waals surface area contributed by atoms with Crippen molar-refractivity contribution in [1.82, 2.24) is 4.98 Å². The Morgan fingerprint density at radius 1 is 1.16 bits per heavy atom. The van der Waals surface area contributed by atoms with E-state index >= 15 is 0 Å². The van der Waals surface area contributed by atoms with Gasteiger partial charge < -0.3 is 14.4 Å². The van der Waals surface area contributed by atoms with Crippen molar-refractivity contribution in [2.75, 3.05) is 26.2 Å². The van der Waals surface area contributed by atoms with E-state index in [-0.39, 0.29) is 11.7 Å². The Bertz CT molecular complexity index is 1240. The molecule has 1 aromatic heterocycles. The summed E-state index contributed by atoms with van der Waals surface area (Å²) in [5.41, 5.74) is 3.64. The number of hydrogen-bond acceptors (Lipinski definition) is 7. The van der Waals surface area contributed by atoms with Crippen LogP contribution in [0.3, 0.4) is 0 Å². The number of methoxy groups -OCH3 is 2. The van der Waals surface area contributed by atoms with E-state index in [4.69, 9.17) is 9.47 Å². The van der Waals surface area contributed by atoms with Crippen molar-refractivity contribution in [2.24, 2.45) is 0 Å². The number of hydrogen-bond donors (Lipinski definition) is 0. The van der Waals surface area contributed by atoms with E-state index in [0.29, 0.717) is 40.6 Å². The first kappa shape index (κ1) is 21.5. The molecule has 0 saturated heterocycles. The van der Waals surface area contributed by atoms with Gasteiger partial charge in [0.2, 0.25) is 5.91 Å². The molecule has 8 heteroatoms. The number of aromatic nitrogens is 1. The van der Waals surface area contributed by atoms with E-state index in [2.05, 4.69) is 11.1 Å². The molecule has 7 nitrogen and oxygen atoms in total. The van der Waals surface area contributed by atoms with Gasteiger partial charge in [0, 0.05) is 35.7 Å². The third-order valence-electron chi connectivity index (χ3n) is 5.55. The predicted molar refractivity (Wildman–Crippen MR) is 122 cm³/mol. The zero-order chi connectivity index (χ0) is 22.8. The van der Waals surface area contributed by atoms with Gasteiger partial charge in [-0.15, -0.1) is 11.3 Å². The number of benzene rings is 2. The second kappa shape index (κ2) is 8.81. The molecule has 1 amide bonds. The summed E-state index contributed by atoms with van der Waals surface area (Å²) in [6.07, 6.45) is 0.988. The minimum absolute atomic E-state index is 0.0527. The Morgan fingerprint density at radius 2 is 1.94 bits per heavy atom. The highest BCUT2D eigenvalue weighted by Gasteiger charge is 2.28. The lowest BCUT2D eigenvalue weighted by Crippen LogP contribution is -2.31. The summed E-state index contributed by atoms with van der Waals surface area (Å²) in [7, 11) is 4.86. The number of rotatable bonds is 6. The number of thiazole rings is 1. The maximum absolute atomic E-state index is 13.2. The Hall–Kier alpha value is -3.70. The van der Waals surface area contributed by atoms with Crippen LogP contribution in [0.2, 0.25) is 0 Å². The molecule has 1 atom stereocenters. The van der Waals surface area contributed by atoms with E-state index in [1.165, 1.54) is 11.3 Å². The van der Waals surface area contributed by atoms with E-state index < -0.39 is 5.92 Å². The summed E-state index contributed by atoms with van der Waals surface area (Å²) >= 11 is 1.27. The van der Waals surface area contributed by atoms with E-state index in [9.17, 15) is 14.9 Å². The van der Waals surface area contributed by atoms with Crippen LogP contribution in [-0.2, 0) is 11.2 Å². The highest BCUT2D eigenvalue weighted by atomic mass is 32.1. The summed E-state index contributed by atoms with van der Waals surface area (Å²) in [6.45, 7) is 0. The fraction of sp³-hybridized carbons (Fsp3) is 0.250. The topological polar surface area (TPSA) is 92.5 Å². The van der Waals surface area contributed by atoms with E-state index in [1.54, 1.807) is 50.4 Å². The molecule has 0 bridgehead atoms. The first-order valence-corrected chi connectivity index (χ1v) is 10.9. The van der Waals surface area contributed by atoms with Gasteiger partial charge in [-0.25, -0.2) is 4.98 Å². The Balaban J connectivity index is 1.62. The summed E-state index contributed by atoms with van der Waals surface area (Å²) in [4.78, 5) is 31.2. The van der Waals surface area contributed by atoms with Gasteiger partial charge in [0.25, 0.3) is 0 Å². The lowest BCUT2D eigenvalue weighted by Gasteiger charge is -2.26. The molecule has 2 aromatic carbocycles. The van der Waals surface area contributed by atoms with Gasteiger partial charge in [-0.2, -0.15) is 5.26 Å². The highest BCUT2D eigenvalue weighted by molar-refractivity contribution is 7.10. The normalized spacial score (nSPS) is 13.8. The third kappa shape index (κ3) is 3.83. The number of amides is 1. The summed E-state index contributed by atoms with van der Waals surface area (Å²) in [5, 5.41) is 12.0. The quantitative estimate of drug-likeness (QED) is 0.525. The number of carbonyl (C=O) groups excluding carboxylic acids is 2. The van der Waals surface area contributed by atoms with Crippen molar-refractivity contribution in [3.63, 3.8) is 0 Å². The van der Waals surface area contributed by atoms with E-state index in [1.807, 2.05) is 17.5 Å². The number of ether oxygens (including phenoxy) is 2. The van der Waals surface area contributed by atoms with Crippen LogP contribution in [-0.4, -0.2) is 37.9 Å². The maximum Gasteiger partial charge on any atom is 0.227 e. The van der Waals surface area contributed by atoms with Gasteiger partial charge in [-0.1, -0.05) is 0 Å². The third-order valence-corrected chi connectivity index (χ3v) is 6.46. The molecule has 1 aliphatic rings. The Morgan fingerprint density at radius 3 is 2.66 bits per heavy atom. The standard InChI is InChI=1S/C24H21N3O4S/c1-27-19-7-4-16(10-15(19)6-9-22(27)28)23(29)17(12-25)24-26-18(13-32-24)14-5-8-20(30-2)21(11-14)31-3/h4-5,7-8,10-11,13,17H,6,9H2,1-3H3. The van der Waals surface area contributed by atoms with Crippen LogP contribution in [0.15, 0.2) is 41.8 Å². The van der Waals surface area contributed by atoms with Crippen molar-refractivity contribution >= 4 is 28.7 Å². The molecule has 0 N–H and O–H groups in total. The lowest BCUT2D eigenvalue weighted by atomic mass is 9.94. The first-order chi connectivity index (χ1) is 15.5. The molecular weight excluding hydrogens is 426 g/mol. The summed E-state index contributed by atoms with van der Waals surface area (Å²) < 4.78 is 10.6. The summed E-state index contributed by atoms with van der Waals surface area (Å²) in [6, 6.07) is 12.8. The average molecular weight is 448 g/mol. The fourth-order valence-electron chi connectivity index (χ4n) is 3.75. The number of aryl methyl sites for hydroxylation is 1. The smallest absolute Gasteiger partial charge is 0.227 e. The zero-order valence-corrected chi connectivity index (χ0v) is 18.7. The molecule has 0 aliphatic carbocycles. The molecule has 0 spiro atoms. The van der Waals surface area contributed by atoms with Crippen LogP contribution in [0.5, 0.6) is 11.5 Å². The molecule has 162 valence electrons. The SMILES string of the molecule is COc1ccc(-c2csc(C(C#N)C(=O)c3ccc4c(c3)CCC(=O)N4C)n2)cc1OC. The Labute approximate surface area is 189 Å². The van der Waals surface area contributed by atoms with Gasteiger partial charge >= 0.3 is 0 Å². The van der Waals surface area contributed by atoms with Crippen molar-refractivity contribution < 1.29 is 19.1 Å². The molecule has 32 heavy (non-hydrogen) atoms. The molecule has 1 aliphatic heterocycles. The molecule has 1 unspecified atom stereocenters. The highest BCUT2D eigenvalue weighted by Crippen LogP contribution is 2.35. The number of anilines is 1. The molecule has 3 aromatic rings. The number of Topliss-reactive ketones (excluding diaryl/α,β-unsaturated/α-hetero) is 1. The average Bonchev–Trinajstić information content (AvgIpc) is 3.31. The van der Waals surface area contributed by atoms with Crippen LogP contribution in [0.4, 0.5) is 5.69 Å². The van der Waals surface area contributed by atoms with Crippen molar-refractivity contribution in [2.45, 2.75) is 18.8 Å². The van der Waals surface area contributed by atoms with Crippen molar-refractivity contribution in [3.05, 3.63) is 57.9 Å². The van der Waals surface area contributed by atoms with Gasteiger partial charge in [0.1, 0.15) is 5.01 Å². The van der Waals surface area contributed by atoms with Crippen LogP contribution >= 0.6 is 11.3 Å². The van der Waals surface area contributed by atoms with Crippen molar-refractivity contribution in [1.29, 1.82) is 5.26 Å². The second-order valence-corrected chi connectivity index (χ2v) is 8.25.